The van der Waals surface area contributed by atoms with Crippen molar-refractivity contribution in [3.8, 4) is 5.75 Å². The topological polar surface area (TPSA) is 67.4 Å². The second kappa shape index (κ2) is 8.92. The number of rotatable bonds is 7. The summed E-state index contributed by atoms with van der Waals surface area (Å²) in [4.78, 5) is 24.9. The second-order valence-electron chi connectivity index (χ2n) is 6.90. The molecule has 1 aliphatic carbocycles. The molecule has 6 heteroatoms. The van der Waals surface area contributed by atoms with Crippen molar-refractivity contribution in [2.24, 2.45) is 0 Å². The van der Waals surface area contributed by atoms with Gasteiger partial charge in [0.15, 0.2) is 0 Å². The van der Waals surface area contributed by atoms with Crippen molar-refractivity contribution in [2.45, 2.75) is 19.3 Å². The zero-order chi connectivity index (χ0) is 20.1. The van der Waals surface area contributed by atoms with E-state index < -0.39 is 0 Å². The third-order valence-corrected chi connectivity index (χ3v) is 5.61. The molecular formula is C23H22N2O3S. The molecule has 3 aromatic rings. The van der Waals surface area contributed by atoms with Crippen molar-refractivity contribution in [1.29, 1.82) is 0 Å². The zero-order valence-corrected chi connectivity index (χ0v) is 16.8. The van der Waals surface area contributed by atoms with Crippen LogP contribution in [0.5, 0.6) is 5.75 Å². The van der Waals surface area contributed by atoms with Gasteiger partial charge >= 0.3 is 0 Å². The lowest BCUT2D eigenvalue weighted by Crippen LogP contribution is -2.29. The molecule has 1 aliphatic rings. The maximum absolute atomic E-state index is 12.6. The van der Waals surface area contributed by atoms with E-state index in [1.54, 1.807) is 35.7 Å². The Morgan fingerprint density at radius 1 is 1.00 bits per heavy atom. The van der Waals surface area contributed by atoms with Gasteiger partial charge in [0.25, 0.3) is 11.8 Å². The van der Waals surface area contributed by atoms with E-state index in [4.69, 9.17) is 4.74 Å². The van der Waals surface area contributed by atoms with Crippen LogP contribution in [0.4, 0.5) is 5.69 Å². The van der Waals surface area contributed by atoms with Gasteiger partial charge < -0.3 is 15.4 Å². The van der Waals surface area contributed by atoms with Crippen LogP contribution in [0, 0.1) is 0 Å². The van der Waals surface area contributed by atoms with E-state index >= 15 is 0 Å². The fourth-order valence-electron chi connectivity index (χ4n) is 3.44. The van der Waals surface area contributed by atoms with Gasteiger partial charge in [0.2, 0.25) is 0 Å². The van der Waals surface area contributed by atoms with Crippen LogP contribution in [-0.4, -0.2) is 25.0 Å². The number of amides is 2. The van der Waals surface area contributed by atoms with Crippen LogP contribution >= 0.6 is 11.3 Å². The number of fused-ring (bicyclic) bond motifs is 1. The van der Waals surface area contributed by atoms with Crippen LogP contribution in [0.25, 0.3) is 0 Å². The summed E-state index contributed by atoms with van der Waals surface area (Å²) in [6, 6.07) is 14.9. The molecule has 1 heterocycles. The summed E-state index contributed by atoms with van der Waals surface area (Å²) in [7, 11) is 0. The molecule has 0 saturated heterocycles. The molecule has 0 atom stereocenters. The Kier molecular flexibility index (Phi) is 5.91. The molecule has 0 unspecified atom stereocenters. The summed E-state index contributed by atoms with van der Waals surface area (Å²) in [5.74, 6) is 0.360. The lowest BCUT2D eigenvalue weighted by Gasteiger charge is -2.12. The van der Waals surface area contributed by atoms with Gasteiger partial charge in [0.1, 0.15) is 12.4 Å². The quantitative estimate of drug-likeness (QED) is 0.575. The van der Waals surface area contributed by atoms with Crippen molar-refractivity contribution in [3.63, 3.8) is 0 Å². The van der Waals surface area contributed by atoms with E-state index in [1.807, 2.05) is 11.4 Å². The predicted octanol–water partition coefficient (Wildman–Crippen LogP) is 4.30. The molecule has 0 radical (unpaired) electrons. The molecule has 1 aromatic heterocycles. The summed E-state index contributed by atoms with van der Waals surface area (Å²) in [6.45, 7) is 0.761. The summed E-state index contributed by atoms with van der Waals surface area (Å²) < 4.78 is 5.78. The van der Waals surface area contributed by atoms with Crippen molar-refractivity contribution in [3.05, 3.63) is 81.5 Å². The van der Waals surface area contributed by atoms with Crippen molar-refractivity contribution in [2.75, 3.05) is 18.5 Å². The number of anilines is 1. The molecule has 0 spiro atoms. The van der Waals surface area contributed by atoms with Gasteiger partial charge in [0, 0.05) is 5.38 Å². The van der Waals surface area contributed by atoms with Crippen molar-refractivity contribution in [1.82, 2.24) is 5.32 Å². The standard InChI is InChI=1S/C23H22N2O3S/c26-22(18-10-13-29-15-18)25-21-7-2-1-6-20(21)23(27)24-11-12-28-19-9-8-16-4-3-5-17(16)14-19/h1-2,6-10,13-15H,3-5,11-12H2,(H,24,27)(H,25,26). The smallest absolute Gasteiger partial charge is 0.256 e. The molecule has 148 valence electrons. The lowest BCUT2D eigenvalue weighted by molar-refractivity contribution is 0.0948. The first-order chi connectivity index (χ1) is 14.2. The minimum absolute atomic E-state index is 0.230. The van der Waals surface area contributed by atoms with E-state index in [2.05, 4.69) is 22.8 Å². The van der Waals surface area contributed by atoms with Gasteiger partial charge in [-0.3, -0.25) is 9.59 Å². The van der Waals surface area contributed by atoms with E-state index in [0.717, 1.165) is 18.6 Å². The minimum atomic E-state index is -0.247. The number of hydrogen-bond acceptors (Lipinski definition) is 4. The van der Waals surface area contributed by atoms with Crippen molar-refractivity contribution < 1.29 is 14.3 Å². The predicted molar refractivity (Wildman–Crippen MR) is 115 cm³/mol. The number of carbonyl (C=O) groups excluding carboxylic acids is 2. The highest BCUT2D eigenvalue weighted by Crippen LogP contribution is 2.26. The Labute approximate surface area is 173 Å². The van der Waals surface area contributed by atoms with Crippen LogP contribution in [0.2, 0.25) is 0 Å². The molecule has 0 aliphatic heterocycles. The Hall–Kier alpha value is -3.12. The van der Waals surface area contributed by atoms with E-state index in [9.17, 15) is 9.59 Å². The van der Waals surface area contributed by atoms with Gasteiger partial charge in [-0.2, -0.15) is 11.3 Å². The summed E-state index contributed by atoms with van der Waals surface area (Å²) >= 11 is 1.45. The van der Waals surface area contributed by atoms with E-state index in [0.29, 0.717) is 30.0 Å². The third-order valence-electron chi connectivity index (χ3n) is 4.93. The zero-order valence-electron chi connectivity index (χ0n) is 15.9. The van der Waals surface area contributed by atoms with Crippen LogP contribution in [0.3, 0.4) is 0 Å². The maximum atomic E-state index is 12.6. The maximum Gasteiger partial charge on any atom is 0.256 e. The van der Waals surface area contributed by atoms with Gasteiger partial charge in [-0.05, 0) is 66.1 Å². The summed E-state index contributed by atoms with van der Waals surface area (Å²) in [5, 5.41) is 9.28. The second-order valence-corrected chi connectivity index (χ2v) is 7.68. The number of benzene rings is 2. The Morgan fingerprint density at radius 2 is 1.86 bits per heavy atom. The van der Waals surface area contributed by atoms with Crippen LogP contribution in [0.1, 0.15) is 38.3 Å². The lowest BCUT2D eigenvalue weighted by atomic mass is 10.1. The molecule has 0 bridgehead atoms. The SMILES string of the molecule is O=C(Nc1ccccc1C(=O)NCCOc1ccc2c(c1)CCC2)c1ccsc1. The fraction of sp³-hybridized carbons (Fsp3) is 0.217. The molecule has 2 N–H and O–H groups in total. The highest BCUT2D eigenvalue weighted by molar-refractivity contribution is 7.08. The number of thiophene rings is 1. The molecule has 2 amide bonds. The third kappa shape index (κ3) is 4.66. The first kappa shape index (κ1) is 19.2. The number of carbonyl (C=O) groups is 2. The molecule has 5 nitrogen and oxygen atoms in total. The summed E-state index contributed by atoms with van der Waals surface area (Å²) in [5.41, 5.74) is 4.26. The Morgan fingerprint density at radius 3 is 2.72 bits per heavy atom. The first-order valence-corrected chi connectivity index (χ1v) is 10.6. The number of para-hydroxylation sites is 1. The molecule has 29 heavy (non-hydrogen) atoms. The van der Waals surface area contributed by atoms with Gasteiger partial charge in [-0.15, -0.1) is 0 Å². The van der Waals surface area contributed by atoms with E-state index in [1.165, 1.54) is 28.9 Å². The average Bonchev–Trinajstić information content (AvgIpc) is 3.43. The normalized spacial score (nSPS) is 12.3. The van der Waals surface area contributed by atoms with Crippen LogP contribution in [-0.2, 0) is 12.8 Å². The average molecular weight is 407 g/mol. The Bertz CT molecular complexity index is 1010. The Balaban J connectivity index is 1.31. The highest BCUT2D eigenvalue weighted by Gasteiger charge is 2.14. The summed E-state index contributed by atoms with van der Waals surface area (Å²) in [6.07, 6.45) is 3.46. The number of nitrogens with one attached hydrogen (secondary N) is 2. The number of aryl methyl sites for hydroxylation is 2. The van der Waals surface area contributed by atoms with E-state index in [-0.39, 0.29) is 11.8 Å². The van der Waals surface area contributed by atoms with Crippen LogP contribution in [0.15, 0.2) is 59.3 Å². The van der Waals surface area contributed by atoms with Gasteiger partial charge in [-0.25, -0.2) is 0 Å². The van der Waals surface area contributed by atoms with Crippen LogP contribution < -0.4 is 15.4 Å². The minimum Gasteiger partial charge on any atom is -0.492 e. The first-order valence-electron chi connectivity index (χ1n) is 9.66. The molecule has 4 rings (SSSR count). The van der Waals surface area contributed by atoms with Crippen molar-refractivity contribution >= 4 is 28.8 Å². The molecular weight excluding hydrogens is 384 g/mol. The number of hydrogen-bond donors (Lipinski definition) is 2. The number of ether oxygens (including phenoxy) is 1. The molecule has 2 aromatic carbocycles. The monoisotopic (exact) mass is 406 g/mol. The highest BCUT2D eigenvalue weighted by atomic mass is 32.1. The molecule has 0 saturated carbocycles. The van der Waals surface area contributed by atoms with Gasteiger partial charge in [0.05, 0.1) is 23.4 Å². The van der Waals surface area contributed by atoms with Gasteiger partial charge in [-0.1, -0.05) is 18.2 Å². The molecule has 0 fully saturated rings. The largest absolute Gasteiger partial charge is 0.492 e. The fourth-order valence-corrected chi connectivity index (χ4v) is 4.08.